The minimum Gasteiger partial charge on any atom is -0.439 e. The van der Waals surface area contributed by atoms with Gasteiger partial charge in [-0.25, -0.2) is 4.98 Å². The molecule has 26 heavy (non-hydrogen) atoms. The number of nitrogens with one attached hydrogen (secondary N) is 1. The highest BCUT2D eigenvalue weighted by Gasteiger charge is 2.06. The molecule has 2 heterocycles. The van der Waals surface area contributed by atoms with E-state index in [9.17, 15) is 4.79 Å². The second kappa shape index (κ2) is 8.60. The van der Waals surface area contributed by atoms with Crippen molar-refractivity contribution in [3.05, 3.63) is 75.6 Å². The average Bonchev–Trinajstić information content (AvgIpc) is 3.15. The Hall–Kier alpha value is -2.70. The molecule has 0 unspecified atom stereocenters. The van der Waals surface area contributed by atoms with Crippen LogP contribution in [0.25, 0.3) is 0 Å². The predicted octanol–water partition coefficient (Wildman–Crippen LogP) is 3.68. The molecular formula is C20H21N3O2S. The number of thiophene rings is 1. The van der Waals surface area contributed by atoms with E-state index in [-0.39, 0.29) is 0 Å². The van der Waals surface area contributed by atoms with Gasteiger partial charge in [0.2, 0.25) is 11.8 Å². The largest absolute Gasteiger partial charge is 0.439 e. The van der Waals surface area contributed by atoms with Crippen LogP contribution in [0.4, 0.5) is 0 Å². The van der Waals surface area contributed by atoms with Crippen LogP contribution in [0.15, 0.2) is 54.0 Å². The standard InChI is InChI=1S/C20H21N3O2S/c1-14-11-15(12-22-9-8-17-3-2-10-26-17)4-6-18(14)25-19-7-5-16(13-23-19)20(21)24/h2-7,10-11,13,22H,8-9,12H2,1H3,(H2,21,24). The highest BCUT2D eigenvalue weighted by atomic mass is 32.1. The number of pyridine rings is 1. The summed E-state index contributed by atoms with van der Waals surface area (Å²) in [4.78, 5) is 16.6. The molecular weight excluding hydrogens is 346 g/mol. The van der Waals surface area contributed by atoms with Gasteiger partial charge in [-0.2, -0.15) is 0 Å². The molecule has 0 fully saturated rings. The minimum atomic E-state index is -0.504. The van der Waals surface area contributed by atoms with Crippen molar-refractivity contribution in [3.8, 4) is 11.6 Å². The molecule has 5 nitrogen and oxygen atoms in total. The average molecular weight is 367 g/mol. The summed E-state index contributed by atoms with van der Waals surface area (Å²) in [5.74, 6) is 0.669. The molecule has 0 saturated carbocycles. The molecule has 134 valence electrons. The van der Waals surface area contributed by atoms with Crippen LogP contribution in [-0.2, 0) is 13.0 Å². The van der Waals surface area contributed by atoms with Crippen molar-refractivity contribution < 1.29 is 9.53 Å². The molecule has 6 heteroatoms. The number of rotatable bonds is 8. The SMILES string of the molecule is Cc1cc(CNCCc2cccs2)ccc1Oc1ccc(C(N)=O)cn1. The Morgan fingerprint density at radius 3 is 2.81 bits per heavy atom. The minimum absolute atomic E-state index is 0.359. The third-order valence-corrected chi connectivity index (χ3v) is 4.87. The van der Waals surface area contributed by atoms with Crippen molar-refractivity contribution >= 4 is 17.2 Å². The number of primary amides is 1. The number of nitrogens with zero attached hydrogens (tertiary/aromatic N) is 1. The lowest BCUT2D eigenvalue weighted by Crippen LogP contribution is -2.16. The zero-order valence-corrected chi connectivity index (χ0v) is 15.4. The van der Waals surface area contributed by atoms with Gasteiger partial charge in [0.05, 0.1) is 5.56 Å². The number of carbonyl (C=O) groups excluding carboxylic acids is 1. The number of hydrogen-bond donors (Lipinski definition) is 2. The van der Waals surface area contributed by atoms with Crippen LogP contribution in [0.3, 0.4) is 0 Å². The normalized spacial score (nSPS) is 10.7. The first-order valence-electron chi connectivity index (χ1n) is 8.38. The van der Waals surface area contributed by atoms with Gasteiger partial charge < -0.3 is 15.8 Å². The number of benzene rings is 1. The fourth-order valence-corrected chi connectivity index (χ4v) is 3.24. The topological polar surface area (TPSA) is 77.2 Å². The Labute approximate surface area is 156 Å². The molecule has 0 atom stereocenters. The molecule has 0 saturated heterocycles. The van der Waals surface area contributed by atoms with Gasteiger partial charge >= 0.3 is 0 Å². The number of carbonyl (C=O) groups is 1. The number of hydrogen-bond acceptors (Lipinski definition) is 5. The number of nitrogens with two attached hydrogens (primary N) is 1. The van der Waals surface area contributed by atoms with E-state index in [4.69, 9.17) is 10.5 Å². The lowest BCUT2D eigenvalue weighted by atomic mass is 10.1. The Kier molecular flexibility index (Phi) is 5.99. The van der Waals surface area contributed by atoms with Gasteiger partial charge in [0, 0.05) is 30.2 Å². The van der Waals surface area contributed by atoms with Crippen LogP contribution < -0.4 is 15.8 Å². The lowest BCUT2D eigenvalue weighted by molar-refractivity contribution is 0.1000. The van der Waals surface area contributed by atoms with Gasteiger partial charge in [-0.05, 0) is 48.1 Å². The maximum Gasteiger partial charge on any atom is 0.250 e. The van der Waals surface area contributed by atoms with E-state index < -0.39 is 5.91 Å². The quantitative estimate of drug-likeness (QED) is 0.596. The highest BCUT2D eigenvalue weighted by molar-refractivity contribution is 7.09. The molecule has 0 aliphatic heterocycles. The molecule has 0 radical (unpaired) electrons. The first kappa shape index (κ1) is 18.1. The number of ether oxygens (including phenoxy) is 1. The molecule has 0 aliphatic carbocycles. The first-order chi connectivity index (χ1) is 12.6. The fraction of sp³-hybridized carbons (Fsp3) is 0.200. The third kappa shape index (κ3) is 4.91. The molecule has 0 bridgehead atoms. The van der Waals surface area contributed by atoms with Crippen LogP contribution in [0.5, 0.6) is 11.6 Å². The molecule has 3 aromatic rings. The van der Waals surface area contributed by atoms with Crippen molar-refractivity contribution in [2.75, 3.05) is 6.54 Å². The Bertz CT molecular complexity index is 861. The van der Waals surface area contributed by atoms with E-state index in [1.807, 2.05) is 19.1 Å². The van der Waals surface area contributed by atoms with E-state index in [1.54, 1.807) is 23.5 Å². The molecule has 1 aromatic carbocycles. The second-order valence-corrected chi connectivity index (χ2v) is 6.99. The molecule has 2 aromatic heterocycles. The smallest absolute Gasteiger partial charge is 0.250 e. The van der Waals surface area contributed by atoms with Crippen molar-refractivity contribution in [2.45, 2.75) is 19.9 Å². The molecule has 0 spiro atoms. The Morgan fingerprint density at radius 1 is 1.27 bits per heavy atom. The summed E-state index contributed by atoms with van der Waals surface area (Å²) in [5.41, 5.74) is 7.81. The summed E-state index contributed by atoms with van der Waals surface area (Å²) in [6.45, 7) is 3.77. The maximum absolute atomic E-state index is 11.1. The summed E-state index contributed by atoms with van der Waals surface area (Å²) in [5, 5.41) is 5.57. The van der Waals surface area contributed by atoms with Crippen LogP contribution in [-0.4, -0.2) is 17.4 Å². The zero-order chi connectivity index (χ0) is 18.4. The van der Waals surface area contributed by atoms with E-state index in [0.717, 1.165) is 30.8 Å². The van der Waals surface area contributed by atoms with Crippen LogP contribution in [0.1, 0.15) is 26.4 Å². The zero-order valence-electron chi connectivity index (χ0n) is 14.6. The Balaban J connectivity index is 1.54. The van der Waals surface area contributed by atoms with Gasteiger partial charge in [0.15, 0.2) is 0 Å². The van der Waals surface area contributed by atoms with Crippen molar-refractivity contribution in [1.29, 1.82) is 0 Å². The van der Waals surface area contributed by atoms with Crippen LogP contribution in [0.2, 0.25) is 0 Å². The summed E-state index contributed by atoms with van der Waals surface area (Å²) in [6.07, 6.45) is 2.46. The van der Waals surface area contributed by atoms with Crippen molar-refractivity contribution in [2.24, 2.45) is 5.73 Å². The maximum atomic E-state index is 11.1. The summed E-state index contributed by atoms with van der Waals surface area (Å²) >= 11 is 1.79. The molecule has 3 rings (SSSR count). The molecule has 0 aliphatic rings. The monoisotopic (exact) mass is 367 g/mol. The van der Waals surface area contributed by atoms with Gasteiger partial charge in [-0.15, -0.1) is 11.3 Å². The summed E-state index contributed by atoms with van der Waals surface area (Å²) in [7, 11) is 0. The Morgan fingerprint density at radius 2 is 2.15 bits per heavy atom. The second-order valence-electron chi connectivity index (χ2n) is 5.96. The lowest BCUT2D eigenvalue weighted by Gasteiger charge is -2.10. The number of aryl methyl sites for hydroxylation is 1. The van der Waals surface area contributed by atoms with Crippen LogP contribution in [0, 0.1) is 6.92 Å². The number of amides is 1. The van der Waals surface area contributed by atoms with Gasteiger partial charge in [0.1, 0.15) is 5.75 Å². The van der Waals surface area contributed by atoms with E-state index in [2.05, 4.69) is 33.9 Å². The van der Waals surface area contributed by atoms with Crippen molar-refractivity contribution in [1.82, 2.24) is 10.3 Å². The first-order valence-corrected chi connectivity index (χ1v) is 9.26. The fourth-order valence-electron chi connectivity index (χ4n) is 2.53. The van der Waals surface area contributed by atoms with Gasteiger partial charge in [-0.3, -0.25) is 4.79 Å². The molecule has 1 amide bonds. The van der Waals surface area contributed by atoms with E-state index in [1.165, 1.54) is 16.6 Å². The number of aromatic nitrogens is 1. The van der Waals surface area contributed by atoms with Gasteiger partial charge in [0.25, 0.3) is 0 Å². The van der Waals surface area contributed by atoms with E-state index >= 15 is 0 Å². The van der Waals surface area contributed by atoms with Crippen LogP contribution >= 0.6 is 11.3 Å². The summed E-state index contributed by atoms with van der Waals surface area (Å²) in [6, 6.07) is 13.6. The van der Waals surface area contributed by atoms with Crippen molar-refractivity contribution in [3.63, 3.8) is 0 Å². The third-order valence-electron chi connectivity index (χ3n) is 3.93. The molecule has 3 N–H and O–H groups in total. The predicted molar refractivity (Wildman–Crippen MR) is 104 cm³/mol. The highest BCUT2D eigenvalue weighted by Crippen LogP contribution is 2.24. The summed E-state index contributed by atoms with van der Waals surface area (Å²) < 4.78 is 5.79. The van der Waals surface area contributed by atoms with Gasteiger partial charge in [-0.1, -0.05) is 18.2 Å². The van der Waals surface area contributed by atoms with E-state index in [0.29, 0.717) is 11.4 Å².